The maximum Gasteiger partial charge on any atom is 0.241 e. The zero-order valence-electron chi connectivity index (χ0n) is 19.0. The number of nitrogens with one attached hydrogen (secondary N) is 1. The Balaban J connectivity index is 1.55. The van der Waals surface area contributed by atoms with Crippen molar-refractivity contribution < 1.29 is 14.0 Å². The first-order chi connectivity index (χ1) is 15.8. The van der Waals surface area contributed by atoms with E-state index in [1.807, 2.05) is 43.0 Å². The largest absolute Gasteiger partial charge is 0.352 e. The fourth-order valence-electron chi connectivity index (χ4n) is 3.95. The van der Waals surface area contributed by atoms with Crippen LogP contribution in [-0.2, 0) is 22.7 Å². The van der Waals surface area contributed by atoms with Gasteiger partial charge in [0.2, 0.25) is 11.8 Å². The van der Waals surface area contributed by atoms with Crippen molar-refractivity contribution in [1.29, 1.82) is 0 Å². The maximum atomic E-state index is 13.6. The third kappa shape index (κ3) is 5.11. The highest BCUT2D eigenvalue weighted by molar-refractivity contribution is 8.01. The van der Waals surface area contributed by atoms with Gasteiger partial charge in [-0.15, -0.1) is 11.8 Å². The van der Waals surface area contributed by atoms with E-state index in [2.05, 4.69) is 23.5 Å². The quantitative estimate of drug-likeness (QED) is 0.533. The van der Waals surface area contributed by atoms with Gasteiger partial charge in [0.1, 0.15) is 11.1 Å². The summed E-state index contributed by atoms with van der Waals surface area (Å²) < 4.78 is 13.1. The van der Waals surface area contributed by atoms with Crippen LogP contribution in [-0.4, -0.2) is 17.1 Å². The highest BCUT2D eigenvalue weighted by atomic mass is 32.2. The number of anilines is 1. The highest BCUT2D eigenvalue weighted by Gasteiger charge is 2.39. The topological polar surface area (TPSA) is 49.4 Å². The lowest BCUT2D eigenvalue weighted by Crippen LogP contribution is -2.47. The third-order valence-electron chi connectivity index (χ3n) is 6.00. The van der Waals surface area contributed by atoms with E-state index >= 15 is 0 Å². The fraction of sp³-hybridized carbons (Fsp3) is 0.259. The molecule has 6 heteroatoms. The summed E-state index contributed by atoms with van der Waals surface area (Å²) in [6, 6.07) is 20.1. The molecule has 33 heavy (non-hydrogen) atoms. The van der Waals surface area contributed by atoms with Gasteiger partial charge in [0.25, 0.3) is 0 Å². The van der Waals surface area contributed by atoms with Gasteiger partial charge < -0.3 is 10.2 Å². The van der Waals surface area contributed by atoms with Gasteiger partial charge in [0, 0.05) is 11.4 Å². The molecule has 2 atom stereocenters. The molecule has 0 radical (unpaired) electrons. The fourth-order valence-corrected chi connectivity index (χ4v) is 5.23. The van der Waals surface area contributed by atoms with Crippen molar-refractivity contribution in [2.45, 2.75) is 44.0 Å². The predicted molar refractivity (Wildman–Crippen MR) is 131 cm³/mol. The van der Waals surface area contributed by atoms with E-state index < -0.39 is 11.2 Å². The van der Waals surface area contributed by atoms with Gasteiger partial charge in [-0.25, -0.2) is 4.39 Å². The number of hydrogen-bond donors (Lipinski definition) is 1. The lowest BCUT2D eigenvalue weighted by atomic mass is 10.0. The van der Waals surface area contributed by atoms with Crippen LogP contribution in [0, 0.1) is 25.6 Å². The van der Waals surface area contributed by atoms with Crippen molar-refractivity contribution in [3.63, 3.8) is 0 Å². The number of amides is 2. The maximum absolute atomic E-state index is 13.6. The normalized spacial score (nSPS) is 16.3. The van der Waals surface area contributed by atoms with E-state index in [0.717, 1.165) is 32.8 Å². The number of nitrogens with zero attached hydrogens (tertiary/aromatic N) is 1. The molecule has 0 unspecified atom stereocenters. The van der Waals surface area contributed by atoms with Gasteiger partial charge >= 0.3 is 0 Å². The van der Waals surface area contributed by atoms with Crippen molar-refractivity contribution in [3.05, 3.63) is 94.8 Å². The molecule has 0 saturated carbocycles. The molecule has 1 aliphatic rings. The average Bonchev–Trinajstić information content (AvgIpc) is 2.81. The van der Waals surface area contributed by atoms with Gasteiger partial charge in [0.05, 0.1) is 18.2 Å². The number of fused-ring (bicyclic) bond motifs is 1. The Morgan fingerprint density at radius 1 is 1.09 bits per heavy atom. The number of hydrogen-bond acceptors (Lipinski definition) is 3. The van der Waals surface area contributed by atoms with Crippen LogP contribution >= 0.6 is 11.8 Å². The van der Waals surface area contributed by atoms with E-state index in [0.29, 0.717) is 6.54 Å². The van der Waals surface area contributed by atoms with Crippen molar-refractivity contribution in [1.82, 2.24) is 5.32 Å². The van der Waals surface area contributed by atoms with Crippen molar-refractivity contribution in [3.8, 4) is 0 Å². The number of rotatable bonds is 6. The Kier molecular flexibility index (Phi) is 6.84. The molecule has 0 aliphatic carbocycles. The van der Waals surface area contributed by atoms with Crippen LogP contribution in [0.1, 0.15) is 29.2 Å². The number of carbonyl (C=O) groups is 2. The van der Waals surface area contributed by atoms with E-state index in [-0.39, 0.29) is 24.2 Å². The highest BCUT2D eigenvalue weighted by Crippen LogP contribution is 2.42. The summed E-state index contributed by atoms with van der Waals surface area (Å²) in [6.45, 7) is 6.63. The summed E-state index contributed by atoms with van der Waals surface area (Å²) in [4.78, 5) is 29.4. The number of aryl methyl sites for hydroxylation is 2. The molecular formula is C27H27FN2O2S. The number of carbonyl (C=O) groups excluding carboxylic acids is 2. The Morgan fingerprint density at radius 2 is 1.82 bits per heavy atom. The van der Waals surface area contributed by atoms with Crippen LogP contribution in [0.25, 0.3) is 0 Å². The van der Waals surface area contributed by atoms with Crippen molar-refractivity contribution in [2.24, 2.45) is 5.92 Å². The molecule has 0 spiro atoms. The Hall–Kier alpha value is -3.12. The van der Waals surface area contributed by atoms with Crippen LogP contribution in [0.5, 0.6) is 0 Å². The summed E-state index contributed by atoms with van der Waals surface area (Å²) in [5.74, 6) is -1.11. The molecule has 3 aromatic rings. The van der Waals surface area contributed by atoms with E-state index in [4.69, 9.17) is 0 Å². The molecule has 2 amide bonds. The zero-order chi connectivity index (χ0) is 23.5. The molecule has 0 bridgehead atoms. The number of benzene rings is 3. The molecule has 0 fully saturated rings. The molecule has 4 nitrogen and oxygen atoms in total. The Bertz CT molecular complexity index is 1180. The second kappa shape index (κ2) is 9.79. The molecule has 1 heterocycles. The molecule has 4 rings (SSSR count). The molecular weight excluding hydrogens is 435 g/mol. The number of halogens is 1. The standard InChI is InChI=1S/C27H27FN2O2S/c1-17-8-9-18(2)21(14-17)16-30-23-6-4-5-7-24(23)33-25(27(30)32)19(3)26(31)29-15-20-10-12-22(28)13-11-20/h4-14,19,25H,15-16H2,1-3H3,(H,29,31)/t19-,25+/m0/s1. The summed E-state index contributed by atoms with van der Waals surface area (Å²) in [5, 5.41) is 2.37. The second-order valence-corrected chi connectivity index (χ2v) is 9.68. The van der Waals surface area contributed by atoms with Crippen LogP contribution in [0.15, 0.2) is 71.6 Å². The molecule has 1 N–H and O–H groups in total. The smallest absolute Gasteiger partial charge is 0.241 e. The monoisotopic (exact) mass is 462 g/mol. The lowest BCUT2D eigenvalue weighted by Gasteiger charge is -2.36. The second-order valence-electron chi connectivity index (χ2n) is 8.49. The molecule has 3 aromatic carbocycles. The first-order valence-corrected chi connectivity index (χ1v) is 11.9. The first-order valence-electron chi connectivity index (χ1n) is 11.0. The molecule has 1 aliphatic heterocycles. The summed E-state index contributed by atoms with van der Waals surface area (Å²) >= 11 is 1.45. The minimum absolute atomic E-state index is 0.0657. The summed E-state index contributed by atoms with van der Waals surface area (Å²) in [7, 11) is 0. The molecule has 0 saturated heterocycles. The van der Waals surface area contributed by atoms with Crippen molar-refractivity contribution in [2.75, 3.05) is 4.90 Å². The molecule has 170 valence electrons. The summed E-state index contributed by atoms with van der Waals surface area (Å²) in [5.41, 5.74) is 5.06. The van der Waals surface area contributed by atoms with Gasteiger partial charge in [0.15, 0.2) is 0 Å². The van der Waals surface area contributed by atoms with Gasteiger partial charge in [-0.3, -0.25) is 9.59 Å². The lowest BCUT2D eigenvalue weighted by molar-refractivity contribution is -0.128. The van der Waals surface area contributed by atoms with Crippen LogP contribution in [0.2, 0.25) is 0 Å². The number of thioether (sulfide) groups is 1. The molecule has 0 aromatic heterocycles. The van der Waals surface area contributed by atoms with Gasteiger partial charge in [-0.1, -0.05) is 55.0 Å². The van der Waals surface area contributed by atoms with E-state index in [1.165, 1.54) is 23.9 Å². The van der Waals surface area contributed by atoms with Crippen LogP contribution in [0.4, 0.5) is 10.1 Å². The summed E-state index contributed by atoms with van der Waals surface area (Å²) in [6.07, 6.45) is 0. The predicted octanol–water partition coefficient (Wildman–Crippen LogP) is 5.40. The number of para-hydroxylation sites is 1. The Labute approximate surface area is 198 Å². The minimum atomic E-state index is -0.530. The van der Waals surface area contributed by atoms with Gasteiger partial charge in [-0.05, 0) is 54.8 Å². The van der Waals surface area contributed by atoms with E-state index in [1.54, 1.807) is 19.1 Å². The zero-order valence-corrected chi connectivity index (χ0v) is 19.8. The van der Waals surface area contributed by atoms with Gasteiger partial charge in [-0.2, -0.15) is 0 Å². The van der Waals surface area contributed by atoms with Crippen molar-refractivity contribution >= 4 is 29.3 Å². The SMILES string of the molecule is Cc1ccc(C)c(CN2C(=O)[C@@H]([C@H](C)C(=O)NCc3ccc(F)cc3)Sc3ccccc32)c1. The third-order valence-corrected chi connectivity index (χ3v) is 7.46. The van der Waals surface area contributed by atoms with E-state index in [9.17, 15) is 14.0 Å². The van der Waals surface area contributed by atoms with Crippen LogP contribution in [0.3, 0.4) is 0 Å². The van der Waals surface area contributed by atoms with Crippen LogP contribution < -0.4 is 10.2 Å². The minimum Gasteiger partial charge on any atom is -0.352 e. The first kappa shape index (κ1) is 23.1. The Morgan fingerprint density at radius 3 is 2.58 bits per heavy atom. The average molecular weight is 463 g/mol.